The van der Waals surface area contributed by atoms with E-state index in [4.69, 9.17) is 5.26 Å². The largest absolute Gasteiger partial charge is 0.342 e. The minimum Gasteiger partial charge on any atom is -0.342 e. The zero-order valence-corrected chi connectivity index (χ0v) is 17.2. The number of fused-ring (bicyclic) bond motifs is 1. The van der Waals surface area contributed by atoms with Crippen LogP contribution in [0.4, 0.5) is 11.5 Å². The van der Waals surface area contributed by atoms with Crippen LogP contribution in [0.25, 0.3) is 16.8 Å². The molecule has 8 heteroatoms. The van der Waals surface area contributed by atoms with Crippen LogP contribution in [-0.2, 0) is 4.79 Å². The van der Waals surface area contributed by atoms with Crippen molar-refractivity contribution < 1.29 is 4.79 Å². The summed E-state index contributed by atoms with van der Waals surface area (Å²) in [5.41, 5.74) is 6.24. The number of hydrogen-bond donors (Lipinski definition) is 2. The Balaban J connectivity index is 1.73. The van der Waals surface area contributed by atoms with Gasteiger partial charge < -0.3 is 10.6 Å². The summed E-state index contributed by atoms with van der Waals surface area (Å²) in [6, 6.07) is 7.48. The number of aromatic nitrogens is 4. The number of hydrogen-bond acceptors (Lipinski definition) is 6. The Labute approximate surface area is 174 Å². The van der Waals surface area contributed by atoms with E-state index in [1.807, 2.05) is 39.0 Å². The highest BCUT2D eigenvalue weighted by atomic mass is 16.2. The quantitative estimate of drug-likeness (QED) is 0.645. The van der Waals surface area contributed by atoms with E-state index in [-0.39, 0.29) is 11.9 Å². The number of rotatable bonds is 4. The number of amides is 1. The maximum atomic E-state index is 12.7. The van der Waals surface area contributed by atoms with Gasteiger partial charge in [0, 0.05) is 41.0 Å². The van der Waals surface area contributed by atoms with Crippen molar-refractivity contribution in [3.05, 3.63) is 59.3 Å². The summed E-state index contributed by atoms with van der Waals surface area (Å²) >= 11 is 0. The molecule has 0 aliphatic carbocycles. The van der Waals surface area contributed by atoms with Crippen molar-refractivity contribution in [3.8, 4) is 17.3 Å². The molecule has 0 unspecified atom stereocenters. The number of anilines is 2. The smallest absolute Gasteiger partial charge is 0.258 e. The second-order valence-corrected chi connectivity index (χ2v) is 7.31. The zero-order chi connectivity index (χ0) is 21.4. The summed E-state index contributed by atoms with van der Waals surface area (Å²) < 4.78 is 1.65. The molecule has 1 aliphatic heterocycles. The maximum absolute atomic E-state index is 12.7. The highest BCUT2D eigenvalue weighted by Crippen LogP contribution is 2.36. The Bertz CT molecular complexity index is 1230. The fourth-order valence-electron chi connectivity index (χ4n) is 3.57. The van der Waals surface area contributed by atoms with E-state index in [0.717, 1.165) is 28.1 Å². The predicted octanol–water partition coefficient (Wildman–Crippen LogP) is 3.84. The summed E-state index contributed by atoms with van der Waals surface area (Å²) in [5, 5.41) is 19.7. The minimum absolute atomic E-state index is 0.196. The van der Waals surface area contributed by atoms with E-state index >= 15 is 0 Å². The van der Waals surface area contributed by atoms with Gasteiger partial charge in [-0.05, 0) is 45.4 Å². The average molecular weight is 399 g/mol. The van der Waals surface area contributed by atoms with Crippen LogP contribution in [0.15, 0.2) is 42.5 Å². The standard InChI is InChI=1S/C22H21N7O/c1-12-5-6-24-10-17(12)18-8-16-19(11-25-18)27-22(30)21(16)15(4)26-20-7-13(2)29(28-20)14(3)9-23/h5-8,10-11,14H,1-4H3,(H,26,28)(H,27,30)/b21-15-/t14-/m1/s1. The third-order valence-corrected chi connectivity index (χ3v) is 5.13. The second kappa shape index (κ2) is 7.44. The van der Waals surface area contributed by atoms with Crippen LogP contribution in [0.3, 0.4) is 0 Å². The van der Waals surface area contributed by atoms with Crippen molar-refractivity contribution in [1.29, 1.82) is 5.26 Å². The molecule has 1 amide bonds. The van der Waals surface area contributed by atoms with E-state index in [2.05, 4.69) is 31.8 Å². The van der Waals surface area contributed by atoms with Crippen LogP contribution in [0, 0.1) is 25.2 Å². The Morgan fingerprint density at radius 1 is 1.27 bits per heavy atom. The Hall–Kier alpha value is -3.99. The molecule has 0 radical (unpaired) electrons. The lowest BCUT2D eigenvalue weighted by Crippen LogP contribution is -2.10. The number of allylic oxidation sites excluding steroid dienone is 1. The van der Waals surface area contributed by atoms with Gasteiger partial charge in [-0.3, -0.25) is 19.4 Å². The minimum atomic E-state index is -0.375. The van der Waals surface area contributed by atoms with E-state index in [1.165, 1.54) is 0 Å². The molecule has 150 valence electrons. The normalized spacial score (nSPS) is 15.2. The van der Waals surface area contributed by atoms with Crippen molar-refractivity contribution in [2.24, 2.45) is 0 Å². The molecule has 8 nitrogen and oxygen atoms in total. The topological polar surface area (TPSA) is 109 Å². The second-order valence-electron chi connectivity index (χ2n) is 7.31. The molecule has 1 atom stereocenters. The summed E-state index contributed by atoms with van der Waals surface area (Å²) in [5.74, 6) is 0.386. The van der Waals surface area contributed by atoms with Gasteiger partial charge in [-0.15, -0.1) is 0 Å². The lowest BCUT2D eigenvalue weighted by molar-refractivity contribution is -0.110. The maximum Gasteiger partial charge on any atom is 0.258 e. The fraction of sp³-hybridized carbons (Fsp3) is 0.227. The van der Waals surface area contributed by atoms with E-state index in [1.54, 1.807) is 30.2 Å². The average Bonchev–Trinajstić information content (AvgIpc) is 3.25. The molecule has 3 aromatic heterocycles. The molecular formula is C22H21N7O. The van der Waals surface area contributed by atoms with Gasteiger partial charge in [0.05, 0.1) is 29.2 Å². The molecule has 0 saturated heterocycles. The van der Waals surface area contributed by atoms with Gasteiger partial charge in [0.25, 0.3) is 5.91 Å². The van der Waals surface area contributed by atoms with Gasteiger partial charge >= 0.3 is 0 Å². The molecule has 1 aliphatic rings. The Kier molecular flexibility index (Phi) is 4.80. The highest BCUT2D eigenvalue weighted by molar-refractivity contribution is 6.32. The molecule has 30 heavy (non-hydrogen) atoms. The first-order valence-electron chi connectivity index (χ1n) is 9.55. The number of pyridine rings is 2. The number of carbonyl (C=O) groups excluding carboxylic acids is 1. The third-order valence-electron chi connectivity index (χ3n) is 5.13. The predicted molar refractivity (Wildman–Crippen MR) is 114 cm³/mol. The molecule has 4 heterocycles. The van der Waals surface area contributed by atoms with Crippen LogP contribution < -0.4 is 10.6 Å². The molecule has 0 aromatic carbocycles. The third kappa shape index (κ3) is 3.31. The first kappa shape index (κ1) is 19.3. The number of carbonyl (C=O) groups is 1. The number of nitriles is 1. The molecule has 0 spiro atoms. The monoisotopic (exact) mass is 399 g/mol. The molecule has 0 fully saturated rings. The highest BCUT2D eigenvalue weighted by Gasteiger charge is 2.28. The Morgan fingerprint density at radius 2 is 2.07 bits per heavy atom. The summed E-state index contributed by atoms with van der Waals surface area (Å²) in [7, 11) is 0. The van der Waals surface area contributed by atoms with E-state index in [0.29, 0.717) is 22.8 Å². The van der Waals surface area contributed by atoms with Crippen molar-refractivity contribution in [3.63, 3.8) is 0 Å². The van der Waals surface area contributed by atoms with Gasteiger partial charge in [0.1, 0.15) is 6.04 Å². The first-order chi connectivity index (χ1) is 14.4. The lowest BCUT2D eigenvalue weighted by Gasteiger charge is -2.09. The number of nitrogens with zero attached hydrogens (tertiary/aromatic N) is 5. The SMILES string of the molecule is C/C(Nc1cc(C)n([C@H](C)C#N)n1)=C1/C(=O)Nc2cnc(-c3cnccc3C)cc21. The van der Waals surface area contributed by atoms with E-state index in [9.17, 15) is 4.79 Å². The molecule has 4 rings (SSSR count). The fourth-order valence-corrected chi connectivity index (χ4v) is 3.57. The zero-order valence-electron chi connectivity index (χ0n) is 17.2. The van der Waals surface area contributed by atoms with Crippen LogP contribution in [0.2, 0.25) is 0 Å². The van der Waals surface area contributed by atoms with Gasteiger partial charge in [0.2, 0.25) is 0 Å². The number of aryl methyl sites for hydroxylation is 2. The summed E-state index contributed by atoms with van der Waals surface area (Å²) in [6.07, 6.45) is 5.18. The van der Waals surface area contributed by atoms with Gasteiger partial charge in [-0.1, -0.05) is 0 Å². The van der Waals surface area contributed by atoms with Crippen molar-refractivity contribution in [2.45, 2.75) is 33.7 Å². The van der Waals surface area contributed by atoms with Crippen molar-refractivity contribution in [1.82, 2.24) is 19.7 Å². The number of nitrogens with one attached hydrogen (secondary N) is 2. The van der Waals surface area contributed by atoms with Crippen molar-refractivity contribution >= 4 is 23.0 Å². The van der Waals surface area contributed by atoms with E-state index < -0.39 is 0 Å². The van der Waals surface area contributed by atoms with Gasteiger partial charge in [-0.25, -0.2) is 0 Å². The van der Waals surface area contributed by atoms with Crippen LogP contribution in [0.1, 0.15) is 36.7 Å². The van der Waals surface area contributed by atoms with Crippen molar-refractivity contribution in [2.75, 3.05) is 10.6 Å². The summed E-state index contributed by atoms with van der Waals surface area (Å²) in [6.45, 7) is 7.51. The van der Waals surface area contributed by atoms with Crippen LogP contribution in [-0.4, -0.2) is 25.7 Å². The Morgan fingerprint density at radius 3 is 2.80 bits per heavy atom. The van der Waals surface area contributed by atoms with Gasteiger partial charge in [-0.2, -0.15) is 10.4 Å². The molecular weight excluding hydrogens is 378 g/mol. The summed E-state index contributed by atoms with van der Waals surface area (Å²) in [4.78, 5) is 21.4. The van der Waals surface area contributed by atoms with Crippen LogP contribution >= 0.6 is 0 Å². The van der Waals surface area contributed by atoms with Crippen LogP contribution in [0.5, 0.6) is 0 Å². The first-order valence-corrected chi connectivity index (χ1v) is 9.55. The molecule has 0 bridgehead atoms. The molecule has 0 saturated carbocycles. The molecule has 2 N–H and O–H groups in total. The van der Waals surface area contributed by atoms with Gasteiger partial charge in [0.15, 0.2) is 5.82 Å². The molecule has 3 aromatic rings. The lowest BCUT2D eigenvalue weighted by atomic mass is 10.0.